The second kappa shape index (κ2) is 10.0. The number of carbonyl (C=O) groups excluding carboxylic acids is 3. The van der Waals surface area contributed by atoms with E-state index in [2.05, 4.69) is 5.32 Å². The number of anilines is 1. The highest BCUT2D eigenvalue weighted by Gasteiger charge is 2.19. The van der Waals surface area contributed by atoms with Gasteiger partial charge in [-0.1, -0.05) is 25.1 Å². The van der Waals surface area contributed by atoms with Crippen molar-refractivity contribution in [2.75, 3.05) is 18.5 Å². The Bertz CT molecular complexity index is 872. The number of ether oxygens (including phenoxy) is 2. The number of esters is 2. The topological polar surface area (TPSA) is 81.7 Å². The molecule has 7 heteroatoms. The van der Waals surface area contributed by atoms with E-state index >= 15 is 0 Å². The van der Waals surface area contributed by atoms with Crippen LogP contribution < -0.4 is 5.32 Å². The Hall–Kier alpha value is -2.67. The smallest absolute Gasteiger partial charge is 0.341 e. The van der Waals surface area contributed by atoms with E-state index in [1.807, 2.05) is 39.0 Å². The molecule has 0 radical (unpaired) electrons. The molecule has 0 atom stereocenters. The van der Waals surface area contributed by atoms with E-state index in [0.29, 0.717) is 10.6 Å². The molecular weight excluding hydrogens is 378 g/mol. The van der Waals surface area contributed by atoms with Crippen molar-refractivity contribution in [2.45, 2.75) is 40.5 Å². The Kier molecular flexibility index (Phi) is 7.75. The van der Waals surface area contributed by atoms with Crippen LogP contribution in [0.5, 0.6) is 0 Å². The fourth-order valence-corrected chi connectivity index (χ4v) is 3.51. The van der Waals surface area contributed by atoms with Crippen molar-refractivity contribution in [1.29, 1.82) is 0 Å². The largest absolute Gasteiger partial charge is 0.462 e. The molecule has 2 rings (SSSR count). The highest BCUT2D eigenvalue weighted by atomic mass is 32.1. The molecular formula is C21H25NO5S. The second-order valence-electron chi connectivity index (χ2n) is 6.33. The van der Waals surface area contributed by atoms with Crippen molar-refractivity contribution >= 4 is 34.2 Å². The van der Waals surface area contributed by atoms with E-state index in [1.165, 1.54) is 11.3 Å². The quantitative estimate of drug-likeness (QED) is 0.678. The minimum Gasteiger partial charge on any atom is -0.462 e. The Balaban J connectivity index is 1.93. The highest BCUT2D eigenvalue weighted by molar-refractivity contribution is 7.16. The van der Waals surface area contributed by atoms with Gasteiger partial charge < -0.3 is 14.8 Å². The minimum atomic E-state index is -0.497. The summed E-state index contributed by atoms with van der Waals surface area (Å²) in [5, 5.41) is 3.05. The lowest BCUT2D eigenvalue weighted by molar-refractivity contribution is -0.146. The fourth-order valence-electron chi connectivity index (χ4n) is 2.51. The van der Waals surface area contributed by atoms with E-state index in [-0.39, 0.29) is 13.0 Å². The Morgan fingerprint density at radius 1 is 1.04 bits per heavy atom. The maximum Gasteiger partial charge on any atom is 0.341 e. The molecule has 0 bridgehead atoms. The summed E-state index contributed by atoms with van der Waals surface area (Å²) in [5.74, 6) is -1.46. The van der Waals surface area contributed by atoms with Crippen molar-refractivity contribution in [3.05, 3.63) is 51.4 Å². The summed E-state index contributed by atoms with van der Waals surface area (Å²) in [6.07, 6.45) is 0.833. The van der Waals surface area contributed by atoms with Crippen LogP contribution in [-0.2, 0) is 31.9 Å². The highest BCUT2D eigenvalue weighted by Crippen LogP contribution is 2.29. The zero-order valence-corrected chi connectivity index (χ0v) is 17.4. The Labute approximate surface area is 168 Å². The molecule has 1 aromatic carbocycles. The van der Waals surface area contributed by atoms with E-state index in [9.17, 15) is 14.4 Å². The average molecular weight is 404 g/mol. The first-order valence-electron chi connectivity index (χ1n) is 9.15. The number of benzene rings is 1. The molecule has 0 aliphatic rings. The van der Waals surface area contributed by atoms with Crippen LogP contribution in [0.2, 0.25) is 0 Å². The lowest BCUT2D eigenvalue weighted by Gasteiger charge is -2.08. The maximum atomic E-state index is 12.2. The van der Waals surface area contributed by atoms with E-state index in [4.69, 9.17) is 9.47 Å². The van der Waals surface area contributed by atoms with Gasteiger partial charge in [-0.2, -0.15) is 0 Å². The van der Waals surface area contributed by atoms with Crippen LogP contribution in [0.3, 0.4) is 0 Å². The van der Waals surface area contributed by atoms with Crippen molar-refractivity contribution < 1.29 is 23.9 Å². The number of amides is 1. The summed E-state index contributed by atoms with van der Waals surface area (Å²) in [6.45, 7) is 7.50. The first kappa shape index (κ1) is 21.6. The predicted molar refractivity (Wildman–Crippen MR) is 109 cm³/mol. The number of aryl methyl sites for hydroxylation is 3. The van der Waals surface area contributed by atoms with Gasteiger partial charge in [0.1, 0.15) is 5.00 Å². The monoisotopic (exact) mass is 403 g/mol. The van der Waals surface area contributed by atoms with Gasteiger partial charge in [-0.15, -0.1) is 11.3 Å². The van der Waals surface area contributed by atoms with Gasteiger partial charge in [0.25, 0.3) is 5.91 Å². The van der Waals surface area contributed by atoms with Crippen LogP contribution >= 0.6 is 11.3 Å². The molecule has 28 heavy (non-hydrogen) atoms. The SMILES string of the molecule is CCOC(=O)c1cc(CC)sc1NC(=O)COC(=O)Cc1ccc(C)c(C)c1. The second-order valence-corrected chi connectivity index (χ2v) is 7.47. The van der Waals surface area contributed by atoms with Crippen LogP contribution in [0.25, 0.3) is 0 Å². The molecule has 0 spiro atoms. The zero-order chi connectivity index (χ0) is 20.7. The molecule has 0 fully saturated rings. The third-order valence-corrected chi connectivity index (χ3v) is 5.36. The van der Waals surface area contributed by atoms with Gasteiger partial charge in [-0.05, 0) is 49.9 Å². The number of carbonyl (C=O) groups is 3. The summed E-state index contributed by atoms with van der Waals surface area (Å²) in [5.41, 5.74) is 3.40. The third kappa shape index (κ3) is 5.92. The number of rotatable bonds is 8. The van der Waals surface area contributed by atoms with Crippen molar-refractivity contribution in [3.63, 3.8) is 0 Å². The third-order valence-electron chi connectivity index (χ3n) is 4.16. The molecule has 0 saturated carbocycles. The van der Waals surface area contributed by atoms with E-state index in [1.54, 1.807) is 13.0 Å². The Morgan fingerprint density at radius 3 is 2.43 bits per heavy atom. The summed E-state index contributed by atoms with van der Waals surface area (Å²) in [4.78, 5) is 37.2. The first-order chi connectivity index (χ1) is 13.3. The van der Waals surface area contributed by atoms with Crippen LogP contribution in [0, 0.1) is 13.8 Å². The molecule has 150 valence electrons. The average Bonchev–Trinajstić information content (AvgIpc) is 3.06. The van der Waals surface area contributed by atoms with E-state index in [0.717, 1.165) is 28.0 Å². The van der Waals surface area contributed by atoms with E-state index < -0.39 is 24.5 Å². The van der Waals surface area contributed by atoms with Gasteiger partial charge in [-0.25, -0.2) is 4.79 Å². The molecule has 0 saturated heterocycles. The number of thiophene rings is 1. The summed E-state index contributed by atoms with van der Waals surface area (Å²) >= 11 is 1.31. The predicted octanol–water partition coefficient (Wildman–Crippen LogP) is 3.83. The van der Waals surface area contributed by atoms with Crippen LogP contribution in [0.15, 0.2) is 24.3 Å². The van der Waals surface area contributed by atoms with Gasteiger partial charge in [-0.3, -0.25) is 9.59 Å². The maximum absolute atomic E-state index is 12.2. The summed E-state index contributed by atoms with van der Waals surface area (Å²) in [6, 6.07) is 7.46. The molecule has 1 heterocycles. The van der Waals surface area contributed by atoms with Crippen LogP contribution in [0.1, 0.15) is 45.8 Å². The molecule has 0 aliphatic heterocycles. The van der Waals surface area contributed by atoms with Crippen molar-refractivity contribution in [2.24, 2.45) is 0 Å². The number of hydrogen-bond donors (Lipinski definition) is 1. The summed E-state index contributed by atoms with van der Waals surface area (Å²) in [7, 11) is 0. The van der Waals surface area contributed by atoms with Gasteiger partial charge >= 0.3 is 11.9 Å². The van der Waals surface area contributed by atoms with Crippen molar-refractivity contribution in [1.82, 2.24) is 0 Å². The molecule has 0 unspecified atom stereocenters. The molecule has 2 aromatic rings. The molecule has 6 nitrogen and oxygen atoms in total. The molecule has 1 amide bonds. The Morgan fingerprint density at radius 2 is 1.79 bits per heavy atom. The minimum absolute atomic E-state index is 0.0987. The van der Waals surface area contributed by atoms with Crippen LogP contribution in [-0.4, -0.2) is 31.1 Å². The number of nitrogens with one attached hydrogen (secondary N) is 1. The van der Waals surface area contributed by atoms with Gasteiger partial charge in [0.2, 0.25) is 0 Å². The fraction of sp³-hybridized carbons (Fsp3) is 0.381. The number of hydrogen-bond acceptors (Lipinski definition) is 6. The first-order valence-corrected chi connectivity index (χ1v) is 9.97. The molecule has 0 aliphatic carbocycles. The lowest BCUT2D eigenvalue weighted by atomic mass is 10.0. The standard InChI is InChI=1S/C21H25NO5S/c1-5-16-11-17(21(25)26-6-2)20(28-16)22-18(23)12-27-19(24)10-15-8-7-13(3)14(4)9-15/h7-9,11H,5-6,10,12H2,1-4H3,(H,22,23). The zero-order valence-electron chi connectivity index (χ0n) is 16.6. The van der Waals surface area contributed by atoms with Gasteiger partial charge in [0.15, 0.2) is 6.61 Å². The van der Waals surface area contributed by atoms with Crippen LogP contribution in [0.4, 0.5) is 5.00 Å². The summed E-state index contributed by atoms with van der Waals surface area (Å²) < 4.78 is 10.1. The van der Waals surface area contributed by atoms with Gasteiger partial charge in [0.05, 0.1) is 18.6 Å². The van der Waals surface area contributed by atoms with Crippen molar-refractivity contribution in [3.8, 4) is 0 Å². The molecule has 1 aromatic heterocycles. The normalized spacial score (nSPS) is 10.4. The molecule has 1 N–H and O–H groups in total. The lowest BCUT2D eigenvalue weighted by Crippen LogP contribution is -2.22. The van der Waals surface area contributed by atoms with Gasteiger partial charge in [0, 0.05) is 4.88 Å².